The maximum atomic E-state index is 3.79. The predicted octanol–water partition coefficient (Wildman–Crippen LogP) is 1.20. The fourth-order valence-corrected chi connectivity index (χ4v) is 0.707. The number of tetrazole rings is 1. The van der Waals surface area contributed by atoms with Gasteiger partial charge in [0.25, 0.3) is 0 Å². The smallest absolute Gasteiger partial charge is 0.178 e. The van der Waals surface area contributed by atoms with Gasteiger partial charge in [0.05, 0.1) is 0 Å². The van der Waals surface area contributed by atoms with E-state index in [2.05, 4.69) is 15.5 Å². The van der Waals surface area contributed by atoms with Gasteiger partial charge in [0.1, 0.15) is 0 Å². The molecule has 58 valence electrons. The zero-order valence-corrected chi connectivity index (χ0v) is 6.60. The molecule has 0 amide bonds. The zero-order valence-electron chi connectivity index (χ0n) is 6.60. The topological polar surface area (TPSA) is 43.6 Å². The minimum absolute atomic E-state index is 0.741. The summed E-state index contributed by atoms with van der Waals surface area (Å²) >= 11 is 0. The maximum Gasteiger partial charge on any atom is 0.178 e. The summed E-state index contributed by atoms with van der Waals surface area (Å²) in [6.07, 6.45) is 7.42. The lowest BCUT2D eigenvalue weighted by molar-refractivity contribution is 0.816. The lowest BCUT2D eigenvalue weighted by Crippen LogP contribution is -1.91. The molecule has 0 bridgehead atoms. The van der Waals surface area contributed by atoms with Gasteiger partial charge in [-0.25, -0.2) is 4.68 Å². The second-order valence-corrected chi connectivity index (χ2v) is 1.96. The molecule has 1 heterocycles. The van der Waals surface area contributed by atoms with E-state index in [0.29, 0.717) is 0 Å². The fraction of sp³-hybridized carbons (Fsp3) is 0.286. The number of hydrogen-bond donors (Lipinski definition) is 0. The highest BCUT2D eigenvalue weighted by atomic mass is 15.5. The van der Waals surface area contributed by atoms with Crippen molar-refractivity contribution in [1.29, 1.82) is 0 Å². The van der Waals surface area contributed by atoms with E-state index in [4.69, 9.17) is 0 Å². The van der Waals surface area contributed by atoms with Crippen LogP contribution in [0.4, 0.5) is 0 Å². The molecule has 0 aliphatic rings. The summed E-state index contributed by atoms with van der Waals surface area (Å²) in [4.78, 5) is 0. The summed E-state index contributed by atoms with van der Waals surface area (Å²) in [5.41, 5.74) is 0. The van der Waals surface area contributed by atoms with Crippen molar-refractivity contribution < 1.29 is 0 Å². The molecule has 0 saturated heterocycles. The molecule has 0 fully saturated rings. The van der Waals surface area contributed by atoms with Crippen molar-refractivity contribution in [2.24, 2.45) is 0 Å². The summed E-state index contributed by atoms with van der Waals surface area (Å²) in [6, 6.07) is 0. The Hall–Kier alpha value is -1.45. The lowest BCUT2D eigenvalue weighted by Gasteiger charge is -1.88. The SMILES string of the molecule is C/C=C\c1nnnn1/C=C\C. The van der Waals surface area contributed by atoms with Gasteiger partial charge in [0.15, 0.2) is 5.82 Å². The Balaban J connectivity index is 2.95. The summed E-state index contributed by atoms with van der Waals surface area (Å²) in [5, 5.41) is 11.1. The van der Waals surface area contributed by atoms with Crippen LogP contribution >= 0.6 is 0 Å². The van der Waals surface area contributed by atoms with Crippen LogP contribution in [0.15, 0.2) is 12.2 Å². The number of allylic oxidation sites excluding steroid dienone is 2. The average Bonchev–Trinajstić information content (AvgIpc) is 2.39. The van der Waals surface area contributed by atoms with E-state index in [9.17, 15) is 0 Å². The third kappa shape index (κ3) is 1.73. The van der Waals surface area contributed by atoms with Crippen LogP contribution in [0, 0.1) is 0 Å². The van der Waals surface area contributed by atoms with Crippen molar-refractivity contribution in [3.8, 4) is 0 Å². The molecule has 0 saturated carbocycles. The van der Waals surface area contributed by atoms with Crippen molar-refractivity contribution in [3.63, 3.8) is 0 Å². The number of hydrogen-bond acceptors (Lipinski definition) is 3. The van der Waals surface area contributed by atoms with Crippen LogP contribution in [-0.4, -0.2) is 20.2 Å². The molecule has 0 spiro atoms. The highest BCUT2D eigenvalue weighted by Crippen LogP contribution is 1.95. The first-order valence-electron chi connectivity index (χ1n) is 3.42. The van der Waals surface area contributed by atoms with Gasteiger partial charge in [0, 0.05) is 6.20 Å². The molecule has 0 aliphatic heterocycles. The Labute approximate surface area is 65.2 Å². The van der Waals surface area contributed by atoms with Crippen molar-refractivity contribution in [2.45, 2.75) is 13.8 Å². The van der Waals surface area contributed by atoms with E-state index in [1.54, 1.807) is 10.9 Å². The normalized spacial score (nSPS) is 11.8. The number of nitrogens with zero attached hydrogens (tertiary/aromatic N) is 4. The van der Waals surface area contributed by atoms with Crippen molar-refractivity contribution in [2.75, 3.05) is 0 Å². The first-order chi connectivity index (χ1) is 5.38. The second-order valence-electron chi connectivity index (χ2n) is 1.96. The first-order valence-corrected chi connectivity index (χ1v) is 3.42. The Morgan fingerprint density at radius 1 is 1.27 bits per heavy atom. The van der Waals surface area contributed by atoms with E-state index < -0.39 is 0 Å². The van der Waals surface area contributed by atoms with Gasteiger partial charge in [-0.3, -0.25) is 0 Å². The molecule has 0 unspecified atom stereocenters. The van der Waals surface area contributed by atoms with Crippen LogP contribution in [0.25, 0.3) is 12.3 Å². The largest absolute Gasteiger partial charge is 0.201 e. The van der Waals surface area contributed by atoms with Gasteiger partial charge < -0.3 is 0 Å². The van der Waals surface area contributed by atoms with Gasteiger partial charge in [-0.15, -0.1) is 5.10 Å². The van der Waals surface area contributed by atoms with E-state index in [0.717, 1.165) is 5.82 Å². The Morgan fingerprint density at radius 2 is 2.09 bits per heavy atom. The molecule has 1 rings (SSSR count). The van der Waals surface area contributed by atoms with Gasteiger partial charge in [-0.2, -0.15) is 0 Å². The molecule has 0 N–H and O–H groups in total. The number of aromatic nitrogens is 4. The summed E-state index contributed by atoms with van der Waals surface area (Å²) in [5.74, 6) is 0.741. The molecule has 1 aromatic heterocycles. The molecule has 1 aromatic rings. The zero-order chi connectivity index (χ0) is 8.10. The summed E-state index contributed by atoms with van der Waals surface area (Å²) < 4.78 is 1.61. The molecule has 4 nitrogen and oxygen atoms in total. The predicted molar refractivity (Wildman–Crippen MR) is 43.5 cm³/mol. The van der Waals surface area contributed by atoms with Crippen LogP contribution in [0.3, 0.4) is 0 Å². The van der Waals surface area contributed by atoms with Crippen LogP contribution in [-0.2, 0) is 0 Å². The van der Waals surface area contributed by atoms with E-state index >= 15 is 0 Å². The molecule has 11 heavy (non-hydrogen) atoms. The molecule has 0 radical (unpaired) electrons. The van der Waals surface area contributed by atoms with Crippen LogP contribution in [0.5, 0.6) is 0 Å². The van der Waals surface area contributed by atoms with Gasteiger partial charge in [-0.05, 0) is 30.4 Å². The standard InChI is InChI=1S/C7H10N4/c1-3-5-7-8-9-10-11(7)6-4-2/h3-6H,1-2H3/b5-3-,6-4-. The van der Waals surface area contributed by atoms with E-state index in [-0.39, 0.29) is 0 Å². The molecule has 0 atom stereocenters. The molecular weight excluding hydrogens is 140 g/mol. The Morgan fingerprint density at radius 3 is 2.73 bits per heavy atom. The molecule has 0 aliphatic carbocycles. The van der Waals surface area contributed by atoms with Crippen LogP contribution in [0.2, 0.25) is 0 Å². The highest BCUT2D eigenvalue weighted by molar-refractivity contribution is 5.42. The van der Waals surface area contributed by atoms with Crippen molar-refractivity contribution >= 4 is 12.3 Å². The average molecular weight is 150 g/mol. The third-order valence-electron chi connectivity index (χ3n) is 1.12. The lowest BCUT2D eigenvalue weighted by atomic mass is 10.5. The minimum atomic E-state index is 0.741. The minimum Gasteiger partial charge on any atom is -0.201 e. The Kier molecular flexibility index (Phi) is 2.54. The fourth-order valence-electron chi connectivity index (χ4n) is 0.707. The van der Waals surface area contributed by atoms with Gasteiger partial charge in [0.2, 0.25) is 0 Å². The van der Waals surface area contributed by atoms with E-state index in [1.807, 2.05) is 32.1 Å². The van der Waals surface area contributed by atoms with Gasteiger partial charge in [-0.1, -0.05) is 12.2 Å². The van der Waals surface area contributed by atoms with Crippen molar-refractivity contribution in [1.82, 2.24) is 20.2 Å². The Bertz CT molecular complexity index is 245. The van der Waals surface area contributed by atoms with Crippen molar-refractivity contribution in [3.05, 3.63) is 18.0 Å². The molecular formula is C7H10N4. The first kappa shape index (κ1) is 7.65. The van der Waals surface area contributed by atoms with Crippen LogP contribution in [0.1, 0.15) is 19.7 Å². The highest BCUT2D eigenvalue weighted by Gasteiger charge is 1.95. The summed E-state index contributed by atoms with van der Waals surface area (Å²) in [6.45, 7) is 3.84. The quantitative estimate of drug-likeness (QED) is 0.636. The number of rotatable bonds is 2. The maximum absolute atomic E-state index is 3.79. The van der Waals surface area contributed by atoms with Gasteiger partial charge >= 0.3 is 0 Å². The van der Waals surface area contributed by atoms with E-state index in [1.165, 1.54) is 0 Å². The third-order valence-corrected chi connectivity index (χ3v) is 1.12. The summed E-state index contributed by atoms with van der Waals surface area (Å²) in [7, 11) is 0. The molecule has 0 aromatic carbocycles. The monoisotopic (exact) mass is 150 g/mol. The van der Waals surface area contributed by atoms with Crippen LogP contribution < -0.4 is 0 Å². The second kappa shape index (κ2) is 3.65. The molecule has 4 heteroatoms.